The maximum Gasteiger partial charge on any atom is 0.170 e. The Morgan fingerprint density at radius 3 is 2.57 bits per heavy atom. The van der Waals surface area contributed by atoms with Crippen molar-refractivity contribution in [3.05, 3.63) is 64.7 Å². The summed E-state index contributed by atoms with van der Waals surface area (Å²) in [4.78, 5) is 0. The molecule has 2 rings (SSSR count). The standard InChI is InChI=1S/C17H19F2NO/c1-4-20-17(13-10-11(2)8-9-14(13)18)12-6-5-7-15(21-3)16(12)19/h5-10,17,20H,4H2,1-3H3. The number of hydrogen-bond acceptors (Lipinski definition) is 2. The molecule has 0 aliphatic carbocycles. The van der Waals surface area contributed by atoms with Crippen molar-refractivity contribution in [2.24, 2.45) is 0 Å². The second-order valence-corrected chi connectivity index (χ2v) is 4.88. The largest absolute Gasteiger partial charge is 0.494 e. The van der Waals surface area contributed by atoms with Crippen LogP contribution in [0.3, 0.4) is 0 Å². The summed E-state index contributed by atoms with van der Waals surface area (Å²) in [5.74, 6) is -0.663. The summed E-state index contributed by atoms with van der Waals surface area (Å²) < 4.78 is 33.6. The van der Waals surface area contributed by atoms with Crippen molar-refractivity contribution < 1.29 is 13.5 Å². The molecule has 0 heterocycles. The van der Waals surface area contributed by atoms with Gasteiger partial charge in [-0.15, -0.1) is 0 Å². The quantitative estimate of drug-likeness (QED) is 0.899. The van der Waals surface area contributed by atoms with Gasteiger partial charge in [0.1, 0.15) is 5.82 Å². The molecule has 1 N–H and O–H groups in total. The molecule has 2 aromatic rings. The van der Waals surface area contributed by atoms with E-state index in [9.17, 15) is 8.78 Å². The summed E-state index contributed by atoms with van der Waals surface area (Å²) in [6, 6.07) is 9.19. The minimum absolute atomic E-state index is 0.156. The lowest BCUT2D eigenvalue weighted by Gasteiger charge is -2.21. The lowest BCUT2D eigenvalue weighted by atomic mass is 9.96. The fourth-order valence-corrected chi connectivity index (χ4v) is 2.38. The second kappa shape index (κ2) is 6.68. The summed E-state index contributed by atoms with van der Waals surface area (Å²) in [5.41, 5.74) is 1.74. The number of halogens is 2. The van der Waals surface area contributed by atoms with Crippen LogP contribution in [0.1, 0.15) is 29.7 Å². The normalized spacial score (nSPS) is 12.2. The Hall–Kier alpha value is -1.94. The smallest absolute Gasteiger partial charge is 0.170 e. The molecule has 0 amide bonds. The van der Waals surface area contributed by atoms with E-state index >= 15 is 0 Å². The van der Waals surface area contributed by atoms with Crippen LogP contribution in [0, 0.1) is 18.6 Å². The third kappa shape index (κ3) is 3.22. The van der Waals surface area contributed by atoms with E-state index in [1.807, 2.05) is 13.8 Å². The fourth-order valence-electron chi connectivity index (χ4n) is 2.38. The molecule has 0 aliphatic heterocycles. The summed E-state index contributed by atoms with van der Waals surface area (Å²) >= 11 is 0. The SMILES string of the molecule is CCNC(c1cc(C)ccc1F)c1cccc(OC)c1F. The van der Waals surface area contributed by atoms with Crippen molar-refractivity contribution in [2.45, 2.75) is 19.9 Å². The first kappa shape index (κ1) is 15.4. The van der Waals surface area contributed by atoms with Crippen molar-refractivity contribution in [3.63, 3.8) is 0 Å². The van der Waals surface area contributed by atoms with Gasteiger partial charge in [0.05, 0.1) is 13.2 Å². The zero-order valence-electron chi connectivity index (χ0n) is 12.4. The Labute approximate surface area is 123 Å². The molecule has 21 heavy (non-hydrogen) atoms. The van der Waals surface area contributed by atoms with Crippen molar-refractivity contribution >= 4 is 0 Å². The second-order valence-electron chi connectivity index (χ2n) is 4.88. The van der Waals surface area contributed by atoms with Crippen LogP contribution in [0.25, 0.3) is 0 Å². The monoisotopic (exact) mass is 291 g/mol. The molecule has 0 aromatic heterocycles. The first-order chi connectivity index (χ1) is 10.1. The van der Waals surface area contributed by atoms with Gasteiger partial charge in [-0.05, 0) is 25.6 Å². The zero-order valence-corrected chi connectivity index (χ0v) is 12.4. The maximum atomic E-state index is 14.5. The fraction of sp³-hybridized carbons (Fsp3) is 0.294. The molecule has 112 valence electrons. The van der Waals surface area contributed by atoms with Crippen molar-refractivity contribution in [1.29, 1.82) is 0 Å². The minimum Gasteiger partial charge on any atom is -0.494 e. The van der Waals surface area contributed by atoms with E-state index in [1.165, 1.54) is 13.2 Å². The molecule has 1 atom stereocenters. The average molecular weight is 291 g/mol. The van der Waals surface area contributed by atoms with Gasteiger partial charge < -0.3 is 10.1 Å². The first-order valence-corrected chi connectivity index (χ1v) is 6.90. The number of methoxy groups -OCH3 is 1. The molecule has 0 saturated heterocycles. The molecule has 0 radical (unpaired) electrons. The van der Waals surface area contributed by atoms with Gasteiger partial charge in [-0.1, -0.05) is 36.8 Å². The van der Waals surface area contributed by atoms with Crippen LogP contribution in [0.4, 0.5) is 8.78 Å². The molecule has 1 unspecified atom stereocenters. The van der Waals surface area contributed by atoms with Gasteiger partial charge in [-0.25, -0.2) is 8.78 Å². The number of nitrogens with one attached hydrogen (secondary N) is 1. The number of rotatable bonds is 5. The maximum absolute atomic E-state index is 14.5. The highest BCUT2D eigenvalue weighted by Crippen LogP contribution is 2.31. The zero-order chi connectivity index (χ0) is 15.4. The van der Waals surface area contributed by atoms with Gasteiger partial charge in [-0.2, -0.15) is 0 Å². The Bertz CT molecular complexity index is 628. The average Bonchev–Trinajstić information content (AvgIpc) is 2.48. The van der Waals surface area contributed by atoms with Crippen LogP contribution in [0.15, 0.2) is 36.4 Å². The summed E-state index contributed by atoms with van der Waals surface area (Å²) in [5, 5.41) is 3.14. The number of aryl methyl sites for hydroxylation is 1. The third-order valence-electron chi connectivity index (χ3n) is 3.39. The number of benzene rings is 2. The Kier molecular flexibility index (Phi) is 4.91. The highest BCUT2D eigenvalue weighted by Gasteiger charge is 2.22. The molecule has 0 fully saturated rings. The molecular weight excluding hydrogens is 272 g/mol. The molecule has 0 bridgehead atoms. The van der Waals surface area contributed by atoms with Gasteiger partial charge in [-0.3, -0.25) is 0 Å². The molecule has 2 nitrogen and oxygen atoms in total. The van der Waals surface area contributed by atoms with Gasteiger partial charge in [0.25, 0.3) is 0 Å². The molecule has 4 heteroatoms. The van der Waals surface area contributed by atoms with Crippen molar-refractivity contribution in [1.82, 2.24) is 5.32 Å². The molecule has 2 aromatic carbocycles. The summed E-state index contributed by atoms with van der Waals surface area (Å²) in [6.07, 6.45) is 0. The van der Waals surface area contributed by atoms with E-state index in [0.717, 1.165) is 5.56 Å². The van der Waals surface area contributed by atoms with Crippen LogP contribution in [0.2, 0.25) is 0 Å². The molecule has 0 spiro atoms. The van der Waals surface area contributed by atoms with E-state index in [-0.39, 0.29) is 11.6 Å². The van der Waals surface area contributed by atoms with Crippen LogP contribution in [-0.4, -0.2) is 13.7 Å². The lowest BCUT2D eigenvalue weighted by Crippen LogP contribution is -2.24. The van der Waals surface area contributed by atoms with Crippen LogP contribution in [-0.2, 0) is 0 Å². The Morgan fingerprint density at radius 2 is 1.90 bits per heavy atom. The van der Waals surface area contributed by atoms with Crippen LogP contribution < -0.4 is 10.1 Å². The Balaban J connectivity index is 2.56. The van der Waals surface area contributed by atoms with E-state index < -0.39 is 11.9 Å². The molecule has 0 aliphatic rings. The lowest BCUT2D eigenvalue weighted by molar-refractivity contribution is 0.381. The van der Waals surface area contributed by atoms with Gasteiger partial charge in [0, 0.05) is 11.1 Å². The summed E-state index contributed by atoms with van der Waals surface area (Å²) in [6.45, 7) is 4.38. The van der Waals surface area contributed by atoms with Crippen molar-refractivity contribution in [3.8, 4) is 5.75 Å². The van der Waals surface area contributed by atoms with Gasteiger partial charge in [0.2, 0.25) is 0 Å². The predicted molar refractivity (Wildman–Crippen MR) is 79.6 cm³/mol. The highest BCUT2D eigenvalue weighted by molar-refractivity contribution is 5.40. The van der Waals surface area contributed by atoms with Crippen LogP contribution in [0.5, 0.6) is 5.75 Å². The van der Waals surface area contributed by atoms with Gasteiger partial charge >= 0.3 is 0 Å². The Morgan fingerprint density at radius 1 is 1.14 bits per heavy atom. The van der Waals surface area contributed by atoms with E-state index in [0.29, 0.717) is 17.7 Å². The predicted octanol–water partition coefficient (Wildman–Crippen LogP) is 3.98. The number of ether oxygens (including phenoxy) is 1. The van der Waals surface area contributed by atoms with Crippen LogP contribution >= 0.6 is 0 Å². The van der Waals surface area contributed by atoms with E-state index in [2.05, 4.69) is 5.32 Å². The van der Waals surface area contributed by atoms with E-state index in [1.54, 1.807) is 30.3 Å². The first-order valence-electron chi connectivity index (χ1n) is 6.90. The summed E-state index contributed by atoms with van der Waals surface area (Å²) in [7, 11) is 1.41. The number of hydrogen-bond donors (Lipinski definition) is 1. The van der Waals surface area contributed by atoms with Crippen molar-refractivity contribution in [2.75, 3.05) is 13.7 Å². The highest BCUT2D eigenvalue weighted by atomic mass is 19.1. The minimum atomic E-state index is -0.551. The topological polar surface area (TPSA) is 21.3 Å². The van der Waals surface area contributed by atoms with E-state index in [4.69, 9.17) is 4.74 Å². The molecular formula is C17H19F2NO. The van der Waals surface area contributed by atoms with Gasteiger partial charge in [0.15, 0.2) is 11.6 Å². The molecule has 0 saturated carbocycles. The third-order valence-corrected chi connectivity index (χ3v) is 3.39.